The molecule has 0 amide bonds. The number of hydrogen-bond acceptors (Lipinski definition) is 7. The van der Waals surface area contributed by atoms with E-state index in [2.05, 4.69) is 37.5 Å². The molecule has 0 fully saturated rings. The molecule has 0 unspecified atom stereocenters. The number of hydrogen-bond donors (Lipinski definition) is 5. The molecule has 0 aliphatic rings. The molecule has 8 rings (SSSR count). The molecule has 4 aromatic carbocycles. The fraction of sp³-hybridized carbons (Fsp3) is 0.200. The summed E-state index contributed by atoms with van der Waals surface area (Å²) in [6.07, 6.45) is 1.30. The number of pyridine rings is 2. The number of nitrogens with zero attached hydrogens (tertiary/aromatic N) is 4. The summed E-state index contributed by atoms with van der Waals surface area (Å²) in [5, 5.41) is 20.7. The van der Waals surface area contributed by atoms with Crippen molar-refractivity contribution in [1.82, 2.24) is 29.1 Å². The van der Waals surface area contributed by atoms with E-state index in [-0.39, 0.29) is 17.7 Å². The maximum absolute atomic E-state index is 12.8. The van der Waals surface area contributed by atoms with Gasteiger partial charge in [0.25, 0.3) is 11.1 Å². The Morgan fingerprint density at radius 3 is 1.45 bits per heavy atom. The van der Waals surface area contributed by atoms with E-state index in [9.17, 15) is 14.7 Å². The normalized spacial score (nSPS) is 11.5. The molecule has 0 spiro atoms. The monoisotopic (exact) mass is 816 g/mol. The lowest BCUT2D eigenvalue weighted by Gasteiger charge is -2.11. The highest BCUT2D eigenvalue weighted by atomic mass is 35.5. The summed E-state index contributed by atoms with van der Waals surface area (Å²) in [5.74, 6) is 1.08. The number of aliphatic hydroxyl groups excluding tert-OH is 1. The van der Waals surface area contributed by atoms with Gasteiger partial charge in [-0.2, -0.15) is 0 Å². The SMILES string of the molecule is CCc1c(C)[nH]c(=O)c2c1ccc1nc(Nc3c(Cl)cccc3Cl)n(C)c12.Cc1[nH]c(=O)c2c(ccc3nc(Nc4c(Cl)cccc4Cl)n(C)c32)c1CCO. The van der Waals surface area contributed by atoms with Crippen molar-refractivity contribution in [2.45, 2.75) is 33.6 Å². The lowest BCUT2D eigenvalue weighted by atomic mass is 10.0. The van der Waals surface area contributed by atoms with Crippen LogP contribution in [-0.4, -0.2) is 40.8 Å². The third-order valence-corrected chi connectivity index (χ3v) is 11.1. The van der Waals surface area contributed by atoms with Crippen molar-refractivity contribution in [3.05, 3.63) is 124 Å². The number of aromatic nitrogens is 6. The average Bonchev–Trinajstić information content (AvgIpc) is 3.64. The standard InChI is InChI=1S/C20H18Cl2N4O2.C20H18Cl2N4O/c1-10-11(8-9-27)12-6-7-15-18(16(12)19(28)23-10)26(2)20(24-15)25-17-13(21)4-3-5-14(17)22;1-4-11-10(2)23-19(27)16-12(11)8-9-15-18(16)26(3)20(24-15)25-17-13(21)6-5-7-14(17)22/h3-7,27H,8-9H2,1-2H3,(H,23,28)(H,24,25);5-9H,4H2,1-3H3,(H,23,27)(H,24,25). The zero-order chi connectivity index (χ0) is 39.3. The number of benzene rings is 4. The Labute approximate surface area is 334 Å². The molecule has 11 nitrogen and oxygen atoms in total. The first kappa shape index (κ1) is 38.2. The molecule has 0 radical (unpaired) electrons. The van der Waals surface area contributed by atoms with Crippen LogP contribution in [0, 0.1) is 13.8 Å². The summed E-state index contributed by atoms with van der Waals surface area (Å²) >= 11 is 25.1. The zero-order valence-corrected chi connectivity index (χ0v) is 33.5. The first-order valence-corrected chi connectivity index (χ1v) is 18.9. The molecule has 15 heteroatoms. The van der Waals surface area contributed by atoms with Crippen molar-refractivity contribution in [1.29, 1.82) is 0 Å². The predicted molar refractivity (Wildman–Crippen MR) is 227 cm³/mol. The van der Waals surface area contributed by atoms with Crippen LogP contribution in [-0.2, 0) is 26.9 Å². The van der Waals surface area contributed by atoms with Gasteiger partial charge in [0.2, 0.25) is 11.9 Å². The Morgan fingerprint density at radius 2 is 1.05 bits per heavy atom. The summed E-state index contributed by atoms with van der Waals surface area (Å²) in [5.41, 5.74) is 7.42. The summed E-state index contributed by atoms with van der Waals surface area (Å²) in [6, 6.07) is 18.2. The molecular weight excluding hydrogens is 782 g/mol. The van der Waals surface area contributed by atoms with Crippen molar-refractivity contribution < 1.29 is 5.11 Å². The van der Waals surface area contributed by atoms with Crippen LogP contribution in [0.2, 0.25) is 20.1 Å². The van der Waals surface area contributed by atoms with Crippen LogP contribution in [0.3, 0.4) is 0 Å². The third kappa shape index (κ3) is 6.81. The molecule has 0 bridgehead atoms. The molecule has 0 saturated carbocycles. The van der Waals surface area contributed by atoms with E-state index < -0.39 is 0 Å². The van der Waals surface area contributed by atoms with E-state index in [1.165, 1.54) is 0 Å². The molecule has 4 heterocycles. The van der Waals surface area contributed by atoms with Gasteiger partial charge in [0.1, 0.15) is 0 Å². The maximum atomic E-state index is 12.8. The van der Waals surface area contributed by atoms with Crippen molar-refractivity contribution in [2.75, 3.05) is 17.2 Å². The average molecular weight is 819 g/mol. The van der Waals surface area contributed by atoms with Crippen LogP contribution in [0.25, 0.3) is 43.6 Å². The highest BCUT2D eigenvalue weighted by molar-refractivity contribution is 6.40. The first-order chi connectivity index (χ1) is 26.3. The molecule has 0 saturated heterocycles. The fourth-order valence-corrected chi connectivity index (χ4v) is 8.15. The van der Waals surface area contributed by atoms with Gasteiger partial charge in [-0.15, -0.1) is 0 Å². The van der Waals surface area contributed by atoms with Crippen LogP contribution in [0.4, 0.5) is 23.3 Å². The van der Waals surface area contributed by atoms with Gasteiger partial charge in [0.15, 0.2) is 0 Å². The predicted octanol–water partition coefficient (Wildman–Crippen LogP) is 9.64. The molecule has 0 atom stereocenters. The minimum atomic E-state index is -0.190. The van der Waals surface area contributed by atoms with Gasteiger partial charge >= 0.3 is 0 Å². The Morgan fingerprint density at radius 1 is 0.655 bits per heavy atom. The lowest BCUT2D eigenvalue weighted by Crippen LogP contribution is -2.13. The van der Waals surface area contributed by atoms with Crippen LogP contribution >= 0.6 is 46.4 Å². The highest BCUT2D eigenvalue weighted by Crippen LogP contribution is 2.36. The molecular formula is C40H36Cl4N8O3. The van der Waals surface area contributed by atoms with Crippen LogP contribution in [0.15, 0.2) is 70.3 Å². The molecule has 5 N–H and O–H groups in total. The van der Waals surface area contributed by atoms with Gasteiger partial charge in [-0.05, 0) is 85.0 Å². The van der Waals surface area contributed by atoms with E-state index in [4.69, 9.17) is 46.4 Å². The second kappa shape index (κ2) is 15.2. The number of rotatable bonds is 7. The first-order valence-electron chi connectivity index (χ1n) is 17.4. The summed E-state index contributed by atoms with van der Waals surface area (Å²) in [7, 11) is 3.69. The number of fused-ring (bicyclic) bond motifs is 6. The molecule has 282 valence electrons. The molecule has 0 aliphatic heterocycles. The number of aryl methyl sites for hydroxylation is 5. The minimum absolute atomic E-state index is 0.00319. The highest BCUT2D eigenvalue weighted by Gasteiger charge is 2.20. The van der Waals surface area contributed by atoms with E-state index >= 15 is 0 Å². The van der Waals surface area contributed by atoms with Gasteiger partial charge < -0.3 is 34.8 Å². The van der Waals surface area contributed by atoms with Gasteiger partial charge in [0.05, 0.1) is 64.3 Å². The van der Waals surface area contributed by atoms with Crippen molar-refractivity contribution in [3.8, 4) is 0 Å². The Bertz CT molecular complexity index is 2890. The van der Waals surface area contributed by atoms with Crippen molar-refractivity contribution in [2.24, 2.45) is 14.1 Å². The number of nitrogens with one attached hydrogen (secondary N) is 4. The largest absolute Gasteiger partial charge is 0.396 e. The number of halogens is 4. The Balaban J connectivity index is 0.000000169. The number of H-pyrrole nitrogens is 2. The second-order valence-electron chi connectivity index (χ2n) is 13.1. The lowest BCUT2D eigenvalue weighted by molar-refractivity contribution is 0.299. The Hall–Kier alpha value is -5.04. The van der Waals surface area contributed by atoms with Crippen LogP contribution in [0.5, 0.6) is 0 Å². The summed E-state index contributed by atoms with van der Waals surface area (Å²) < 4.78 is 3.67. The topological polar surface area (TPSA) is 146 Å². The fourth-order valence-electron chi connectivity index (χ4n) is 7.16. The summed E-state index contributed by atoms with van der Waals surface area (Å²) in [4.78, 5) is 40.6. The number of para-hydroxylation sites is 2. The molecule has 4 aromatic heterocycles. The maximum Gasteiger partial charge on any atom is 0.258 e. The van der Waals surface area contributed by atoms with Crippen LogP contribution in [0.1, 0.15) is 29.4 Å². The van der Waals surface area contributed by atoms with E-state index in [0.29, 0.717) is 71.6 Å². The molecule has 0 aliphatic carbocycles. The number of imidazole rings is 2. The van der Waals surface area contributed by atoms with Crippen molar-refractivity contribution >= 4 is 113 Å². The van der Waals surface area contributed by atoms with E-state index in [1.807, 2.05) is 61.3 Å². The number of aliphatic hydroxyl groups is 1. The van der Waals surface area contributed by atoms with Gasteiger partial charge in [-0.3, -0.25) is 9.59 Å². The van der Waals surface area contributed by atoms with E-state index in [1.54, 1.807) is 36.4 Å². The van der Waals surface area contributed by atoms with Gasteiger partial charge in [-0.1, -0.05) is 77.6 Å². The number of anilines is 4. The van der Waals surface area contributed by atoms with Crippen LogP contribution < -0.4 is 21.8 Å². The molecule has 55 heavy (non-hydrogen) atoms. The Kier molecular flexibility index (Phi) is 10.6. The van der Waals surface area contributed by atoms with Gasteiger partial charge in [0, 0.05) is 32.1 Å². The quantitative estimate of drug-likeness (QED) is 0.108. The van der Waals surface area contributed by atoms with E-state index in [0.717, 1.165) is 50.7 Å². The van der Waals surface area contributed by atoms with Crippen molar-refractivity contribution in [3.63, 3.8) is 0 Å². The minimum Gasteiger partial charge on any atom is -0.396 e. The third-order valence-electron chi connectivity index (χ3n) is 9.80. The smallest absolute Gasteiger partial charge is 0.258 e. The number of aromatic amines is 2. The summed E-state index contributed by atoms with van der Waals surface area (Å²) in [6.45, 7) is 5.86. The second-order valence-corrected chi connectivity index (χ2v) is 14.7. The zero-order valence-electron chi connectivity index (χ0n) is 30.5. The molecule has 8 aromatic rings. The van der Waals surface area contributed by atoms with Gasteiger partial charge in [-0.25, -0.2) is 9.97 Å².